The number of hydrogen-bond donors (Lipinski definition) is 1. The van der Waals surface area contributed by atoms with Gasteiger partial charge < -0.3 is 10.1 Å². The van der Waals surface area contributed by atoms with Crippen LogP contribution in [-0.4, -0.2) is 39.9 Å². The number of nitrogens with one attached hydrogen (secondary N) is 1. The molecule has 0 radical (unpaired) electrons. The highest BCUT2D eigenvalue weighted by Crippen LogP contribution is 2.38. The number of amides is 1. The third-order valence-corrected chi connectivity index (χ3v) is 8.43. The van der Waals surface area contributed by atoms with Gasteiger partial charge in [-0.25, -0.2) is 9.78 Å². The number of thiophene rings is 1. The molecular weight excluding hydrogens is 516 g/mol. The van der Waals surface area contributed by atoms with E-state index in [4.69, 9.17) is 9.72 Å². The van der Waals surface area contributed by atoms with Crippen molar-refractivity contribution in [1.29, 1.82) is 0 Å². The zero-order valence-corrected chi connectivity index (χ0v) is 22.7. The SMILES string of the molecule is COC(=O)c1c(NC(=O)CCSc2nnc(-c3ccccc3)c(-c3ccccc3)n2)sc2c1CCCCC2. The van der Waals surface area contributed by atoms with E-state index in [1.165, 1.54) is 35.1 Å². The Hall–Kier alpha value is -3.56. The van der Waals surface area contributed by atoms with Gasteiger partial charge in [0.15, 0.2) is 0 Å². The molecule has 2 aromatic heterocycles. The van der Waals surface area contributed by atoms with Gasteiger partial charge in [0.25, 0.3) is 0 Å². The lowest BCUT2D eigenvalue weighted by Gasteiger charge is -2.10. The van der Waals surface area contributed by atoms with E-state index >= 15 is 0 Å². The molecule has 194 valence electrons. The van der Waals surface area contributed by atoms with Crippen molar-refractivity contribution in [1.82, 2.24) is 15.2 Å². The van der Waals surface area contributed by atoms with Crippen molar-refractivity contribution in [2.24, 2.45) is 0 Å². The Morgan fingerprint density at radius 3 is 2.32 bits per heavy atom. The maximum absolute atomic E-state index is 12.8. The van der Waals surface area contributed by atoms with Crippen molar-refractivity contribution in [3.8, 4) is 22.5 Å². The van der Waals surface area contributed by atoms with Crippen molar-refractivity contribution in [3.63, 3.8) is 0 Å². The molecule has 0 saturated heterocycles. The summed E-state index contributed by atoms with van der Waals surface area (Å²) in [5, 5.41) is 12.9. The third kappa shape index (κ3) is 5.95. The third-order valence-electron chi connectivity index (χ3n) is 6.39. The average Bonchev–Trinajstić information content (AvgIpc) is 3.13. The molecule has 1 aliphatic rings. The van der Waals surface area contributed by atoms with Crippen molar-refractivity contribution in [2.45, 2.75) is 43.7 Å². The van der Waals surface area contributed by atoms with Crippen LogP contribution in [-0.2, 0) is 22.4 Å². The summed E-state index contributed by atoms with van der Waals surface area (Å²) in [7, 11) is 1.38. The van der Waals surface area contributed by atoms with Crippen LogP contribution in [0.3, 0.4) is 0 Å². The number of aromatic nitrogens is 3. The van der Waals surface area contributed by atoms with Gasteiger partial charge in [-0.2, -0.15) is 0 Å². The van der Waals surface area contributed by atoms with Gasteiger partial charge in [0.05, 0.1) is 12.7 Å². The Bertz CT molecular complexity index is 1420. The Kier molecular flexibility index (Phi) is 8.45. The maximum Gasteiger partial charge on any atom is 0.341 e. The maximum atomic E-state index is 12.8. The minimum Gasteiger partial charge on any atom is -0.465 e. The molecule has 1 aliphatic carbocycles. The number of aryl methyl sites for hydroxylation is 1. The normalized spacial score (nSPS) is 12.9. The molecule has 1 amide bonds. The summed E-state index contributed by atoms with van der Waals surface area (Å²) < 4.78 is 5.04. The van der Waals surface area contributed by atoms with Gasteiger partial charge >= 0.3 is 5.97 Å². The summed E-state index contributed by atoms with van der Waals surface area (Å²) >= 11 is 2.89. The van der Waals surface area contributed by atoms with E-state index in [9.17, 15) is 9.59 Å². The van der Waals surface area contributed by atoms with Crippen molar-refractivity contribution >= 4 is 40.0 Å². The highest BCUT2D eigenvalue weighted by atomic mass is 32.2. The average molecular weight is 545 g/mol. The molecule has 38 heavy (non-hydrogen) atoms. The Morgan fingerprint density at radius 2 is 1.61 bits per heavy atom. The quantitative estimate of drug-likeness (QED) is 0.155. The molecule has 5 rings (SSSR count). The van der Waals surface area contributed by atoms with Gasteiger partial charge in [0.1, 0.15) is 16.4 Å². The van der Waals surface area contributed by atoms with Crippen molar-refractivity contribution < 1.29 is 14.3 Å². The number of hydrogen-bond acceptors (Lipinski definition) is 8. The smallest absolute Gasteiger partial charge is 0.341 e. The summed E-state index contributed by atoms with van der Waals surface area (Å²) in [6.45, 7) is 0. The summed E-state index contributed by atoms with van der Waals surface area (Å²) in [4.78, 5) is 31.4. The Labute approximate surface area is 230 Å². The molecule has 0 unspecified atom stereocenters. The second-order valence-corrected chi connectivity index (χ2v) is 11.1. The Balaban J connectivity index is 1.29. The molecule has 4 aromatic rings. The Morgan fingerprint density at radius 1 is 0.921 bits per heavy atom. The van der Waals surface area contributed by atoms with E-state index in [1.54, 1.807) is 0 Å². The first kappa shape index (κ1) is 26.1. The molecule has 0 atom stereocenters. The second kappa shape index (κ2) is 12.3. The molecule has 0 bridgehead atoms. The van der Waals surface area contributed by atoms with E-state index in [0.29, 0.717) is 27.2 Å². The van der Waals surface area contributed by atoms with Crippen LogP contribution in [0.25, 0.3) is 22.5 Å². The van der Waals surface area contributed by atoms with Gasteiger partial charge in [-0.3, -0.25) is 4.79 Å². The van der Waals surface area contributed by atoms with Crippen LogP contribution in [0.1, 0.15) is 46.5 Å². The minimum absolute atomic E-state index is 0.156. The number of carbonyl (C=O) groups is 2. The fourth-order valence-corrected chi connectivity index (χ4v) is 6.55. The van der Waals surface area contributed by atoms with Crippen LogP contribution < -0.4 is 5.32 Å². The highest BCUT2D eigenvalue weighted by molar-refractivity contribution is 7.99. The van der Waals surface area contributed by atoms with E-state index < -0.39 is 0 Å². The molecule has 2 heterocycles. The second-order valence-electron chi connectivity index (χ2n) is 8.93. The number of carbonyl (C=O) groups excluding carboxylic acids is 2. The number of rotatable bonds is 8. The van der Waals surface area contributed by atoms with Gasteiger partial charge in [-0.05, 0) is 31.2 Å². The molecule has 7 nitrogen and oxygen atoms in total. The summed E-state index contributed by atoms with van der Waals surface area (Å²) in [6, 6.07) is 19.8. The van der Waals surface area contributed by atoms with E-state index in [-0.39, 0.29) is 18.3 Å². The van der Waals surface area contributed by atoms with E-state index in [0.717, 1.165) is 54.5 Å². The lowest BCUT2D eigenvalue weighted by Crippen LogP contribution is -2.15. The highest BCUT2D eigenvalue weighted by Gasteiger charge is 2.26. The summed E-state index contributed by atoms with van der Waals surface area (Å²) in [5.74, 6) is -0.0675. The number of esters is 1. The predicted molar refractivity (Wildman–Crippen MR) is 152 cm³/mol. The fraction of sp³-hybridized carbons (Fsp3) is 0.276. The zero-order chi connectivity index (χ0) is 26.3. The van der Waals surface area contributed by atoms with Gasteiger partial charge in [-0.15, -0.1) is 21.5 Å². The van der Waals surface area contributed by atoms with Crippen LogP contribution in [0, 0.1) is 0 Å². The van der Waals surface area contributed by atoms with E-state index in [1.807, 2.05) is 60.7 Å². The first-order valence-electron chi connectivity index (χ1n) is 12.6. The standard InChI is InChI=1S/C29H28N4O3S2/c1-36-28(35)24-21-15-9-4-10-16-22(21)38-27(24)30-23(34)17-18-37-29-31-25(19-11-5-2-6-12-19)26(32-33-29)20-13-7-3-8-14-20/h2-3,5-8,11-14H,4,9-10,15-18H2,1H3,(H,30,34). The van der Waals surface area contributed by atoms with Gasteiger partial charge in [0.2, 0.25) is 11.1 Å². The molecule has 0 aliphatic heterocycles. The molecule has 2 aromatic carbocycles. The lowest BCUT2D eigenvalue weighted by molar-refractivity contribution is -0.115. The molecular formula is C29H28N4O3S2. The predicted octanol–water partition coefficient (Wildman–Crippen LogP) is 6.44. The number of benzene rings is 2. The summed E-state index contributed by atoms with van der Waals surface area (Å²) in [6.07, 6.45) is 5.31. The number of fused-ring (bicyclic) bond motifs is 1. The number of methoxy groups -OCH3 is 1. The monoisotopic (exact) mass is 544 g/mol. The number of anilines is 1. The molecule has 1 N–H and O–H groups in total. The topological polar surface area (TPSA) is 94.1 Å². The number of thioether (sulfide) groups is 1. The molecule has 0 fully saturated rings. The largest absolute Gasteiger partial charge is 0.465 e. The van der Waals surface area contributed by atoms with Crippen molar-refractivity contribution in [3.05, 3.63) is 76.7 Å². The van der Waals surface area contributed by atoms with Crippen LogP contribution in [0.4, 0.5) is 5.00 Å². The molecule has 0 saturated carbocycles. The van der Waals surface area contributed by atoms with Crippen molar-refractivity contribution in [2.75, 3.05) is 18.2 Å². The number of nitrogens with zero attached hydrogens (tertiary/aromatic N) is 3. The number of ether oxygens (including phenoxy) is 1. The van der Waals surface area contributed by atoms with Crippen LogP contribution in [0.5, 0.6) is 0 Å². The first-order chi connectivity index (χ1) is 18.6. The fourth-order valence-electron chi connectivity index (χ4n) is 4.53. The lowest BCUT2D eigenvalue weighted by atomic mass is 10.0. The van der Waals surface area contributed by atoms with Crippen LogP contribution in [0.2, 0.25) is 0 Å². The van der Waals surface area contributed by atoms with Crippen LogP contribution >= 0.6 is 23.1 Å². The summed E-state index contributed by atoms with van der Waals surface area (Å²) in [5.41, 5.74) is 4.92. The van der Waals surface area contributed by atoms with Gasteiger partial charge in [0, 0.05) is 28.2 Å². The first-order valence-corrected chi connectivity index (χ1v) is 14.5. The molecule has 9 heteroatoms. The van der Waals surface area contributed by atoms with Crippen LogP contribution in [0.15, 0.2) is 65.8 Å². The zero-order valence-electron chi connectivity index (χ0n) is 21.1. The minimum atomic E-state index is -0.388. The van der Waals surface area contributed by atoms with Gasteiger partial charge in [-0.1, -0.05) is 78.8 Å². The molecule has 0 spiro atoms. The van der Waals surface area contributed by atoms with E-state index in [2.05, 4.69) is 15.5 Å².